The van der Waals surface area contributed by atoms with Crippen LogP contribution in [0.25, 0.3) is 11.1 Å². The van der Waals surface area contributed by atoms with Gasteiger partial charge in [-0.1, -0.05) is 32.9 Å². The van der Waals surface area contributed by atoms with E-state index in [1.165, 1.54) is 4.57 Å². The molecule has 1 saturated heterocycles. The first-order valence-corrected chi connectivity index (χ1v) is 11.5. The summed E-state index contributed by atoms with van der Waals surface area (Å²) in [5.41, 5.74) is 0.441. The molecule has 1 N–H and O–H groups in total. The van der Waals surface area contributed by atoms with Crippen molar-refractivity contribution in [1.82, 2.24) is 14.8 Å². The minimum atomic E-state index is -0.900. The number of rotatable bonds is 6. The fourth-order valence-corrected chi connectivity index (χ4v) is 4.94. The van der Waals surface area contributed by atoms with Crippen LogP contribution in [0.15, 0.2) is 33.5 Å². The Kier molecular flexibility index (Phi) is 6.07. The predicted molar refractivity (Wildman–Crippen MR) is 120 cm³/mol. The number of esters is 1. The van der Waals surface area contributed by atoms with Crippen LogP contribution in [-0.2, 0) is 20.9 Å². The van der Waals surface area contributed by atoms with Crippen LogP contribution in [0, 0.1) is 11.3 Å². The fraction of sp³-hybridized carbons (Fsp3) is 0.583. The van der Waals surface area contributed by atoms with E-state index < -0.39 is 29.8 Å². The summed E-state index contributed by atoms with van der Waals surface area (Å²) in [5.74, 6) is -0.961. The van der Waals surface area contributed by atoms with E-state index in [0.717, 1.165) is 17.7 Å². The lowest BCUT2D eigenvalue weighted by Gasteiger charge is -2.40. The third kappa shape index (κ3) is 4.54. The minimum Gasteiger partial charge on any atom is -0.464 e. The number of urea groups is 1. The molecule has 3 amide bonds. The molecule has 1 aromatic carbocycles. The van der Waals surface area contributed by atoms with Crippen LogP contribution in [0.4, 0.5) is 4.79 Å². The summed E-state index contributed by atoms with van der Waals surface area (Å²) in [6, 6.07) is 6.56. The number of fused-ring (bicyclic) bond motifs is 1. The molecular weight excluding hydrogens is 426 g/mol. The van der Waals surface area contributed by atoms with Crippen LogP contribution in [0.3, 0.4) is 0 Å². The number of para-hydroxylation sites is 2. The van der Waals surface area contributed by atoms with Crippen LogP contribution in [-0.4, -0.2) is 46.1 Å². The Morgan fingerprint density at radius 1 is 1.18 bits per heavy atom. The first-order chi connectivity index (χ1) is 15.6. The normalized spacial score (nSPS) is 23.4. The molecule has 0 atom stereocenters. The van der Waals surface area contributed by atoms with E-state index in [-0.39, 0.29) is 17.9 Å². The highest BCUT2D eigenvalue weighted by molar-refractivity contribution is 6.08. The van der Waals surface area contributed by atoms with Gasteiger partial charge < -0.3 is 14.5 Å². The van der Waals surface area contributed by atoms with Crippen LogP contribution >= 0.6 is 0 Å². The number of aryl methyl sites for hydroxylation is 1. The summed E-state index contributed by atoms with van der Waals surface area (Å²) in [4.78, 5) is 50.7. The zero-order valence-corrected chi connectivity index (χ0v) is 19.4. The van der Waals surface area contributed by atoms with Crippen LogP contribution in [0.1, 0.15) is 52.9 Å². The van der Waals surface area contributed by atoms with Crippen LogP contribution in [0.2, 0.25) is 0 Å². The van der Waals surface area contributed by atoms with E-state index in [1.54, 1.807) is 18.2 Å². The third-order valence-corrected chi connectivity index (χ3v) is 6.96. The molecule has 9 nitrogen and oxygen atoms in total. The van der Waals surface area contributed by atoms with E-state index >= 15 is 0 Å². The Morgan fingerprint density at radius 2 is 1.88 bits per heavy atom. The Morgan fingerprint density at radius 3 is 2.58 bits per heavy atom. The third-order valence-electron chi connectivity index (χ3n) is 6.96. The molecule has 1 aliphatic heterocycles. The molecule has 2 fully saturated rings. The first kappa shape index (κ1) is 23.1. The second-order valence-corrected chi connectivity index (χ2v) is 10.1. The van der Waals surface area contributed by atoms with Crippen LogP contribution in [0.5, 0.6) is 0 Å². The molecule has 4 rings (SSSR count). The van der Waals surface area contributed by atoms with Gasteiger partial charge in [-0.2, -0.15) is 0 Å². The second kappa shape index (κ2) is 8.68. The lowest BCUT2D eigenvalue weighted by molar-refractivity contribution is -0.148. The number of ether oxygens (including phenoxy) is 1. The molecule has 1 saturated carbocycles. The maximum Gasteiger partial charge on any atom is 0.419 e. The van der Waals surface area contributed by atoms with Gasteiger partial charge in [-0.15, -0.1) is 0 Å². The number of hydrogen-bond donors (Lipinski definition) is 1. The van der Waals surface area contributed by atoms with Gasteiger partial charge in [-0.05, 0) is 55.6 Å². The zero-order chi connectivity index (χ0) is 23.8. The van der Waals surface area contributed by atoms with Gasteiger partial charge in [0.25, 0.3) is 5.91 Å². The van der Waals surface area contributed by atoms with Crippen molar-refractivity contribution in [3.63, 3.8) is 0 Å². The maximum absolute atomic E-state index is 13.0. The Labute approximate surface area is 192 Å². The highest BCUT2D eigenvalue weighted by Crippen LogP contribution is 2.43. The second-order valence-electron chi connectivity index (χ2n) is 10.1. The molecule has 0 unspecified atom stereocenters. The fourth-order valence-electron chi connectivity index (χ4n) is 4.94. The molecule has 0 bridgehead atoms. The molecule has 33 heavy (non-hydrogen) atoms. The van der Waals surface area contributed by atoms with Crippen molar-refractivity contribution in [3.05, 3.63) is 34.8 Å². The number of oxazole rings is 1. The number of benzene rings is 1. The highest BCUT2D eigenvalue weighted by Gasteiger charge is 2.53. The summed E-state index contributed by atoms with van der Waals surface area (Å²) in [6.45, 7) is 6.55. The van der Waals surface area contributed by atoms with Crippen molar-refractivity contribution >= 4 is 29.0 Å². The molecule has 2 heterocycles. The lowest BCUT2D eigenvalue weighted by atomic mass is 9.67. The predicted octanol–water partition coefficient (Wildman–Crippen LogP) is 3.05. The molecule has 1 aliphatic carbocycles. The number of amides is 3. The SMILES string of the molecule is CC(C)(C)C1CCC2(CC1)NC(=O)N(CC(=O)OCCCn1c(=O)oc3ccccc31)C2=O. The Balaban J connectivity index is 1.27. The van der Waals surface area contributed by atoms with E-state index in [1.807, 2.05) is 6.07 Å². The number of carbonyl (C=O) groups excluding carboxylic acids is 3. The molecule has 9 heteroatoms. The molecule has 1 spiro atoms. The smallest absolute Gasteiger partial charge is 0.419 e. The van der Waals surface area contributed by atoms with Gasteiger partial charge in [0.15, 0.2) is 5.58 Å². The van der Waals surface area contributed by atoms with Gasteiger partial charge in [0.05, 0.1) is 12.1 Å². The number of carbonyl (C=O) groups is 3. The topological polar surface area (TPSA) is 111 Å². The van der Waals surface area contributed by atoms with Gasteiger partial charge in [0.2, 0.25) is 0 Å². The first-order valence-electron chi connectivity index (χ1n) is 11.5. The van der Waals surface area contributed by atoms with Crippen molar-refractivity contribution in [2.75, 3.05) is 13.2 Å². The molecular formula is C24H31N3O6. The largest absolute Gasteiger partial charge is 0.464 e. The number of nitrogens with zero attached hydrogens (tertiary/aromatic N) is 2. The molecule has 2 aromatic rings. The monoisotopic (exact) mass is 457 g/mol. The Bertz CT molecular complexity index is 1120. The maximum atomic E-state index is 13.0. The summed E-state index contributed by atoms with van der Waals surface area (Å²) >= 11 is 0. The molecule has 0 radical (unpaired) electrons. The van der Waals surface area contributed by atoms with Gasteiger partial charge >= 0.3 is 17.8 Å². The van der Waals surface area contributed by atoms with E-state index in [4.69, 9.17) is 9.15 Å². The van der Waals surface area contributed by atoms with Gasteiger partial charge in [-0.3, -0.25) is 19.1 Å². The van der Waals surface area contributed by atoms with E-state index in [0.29, 0.717) is 42.8 Å². The number of hydrogen-bond acceptors (Lipinski definition) is 6. The number of nitrogens with one attached hydrogen (secondary N) is 1. The summed E-state index contributed by atoms with van der Waals surface area (Å²) in [6.07, 6.45) is 3.27. The van der Waals surface area contributed by atoms with Gasteiger partial charge in [-0.25, -0.2) is 9.59 Å². The summed E-state index contributed by atoms with van der Waals surface area (Å²) in [7, 11) is 0. The van der Waals surface area contributed by atoms with Crippen molar-refractivity contribution in [2.24, 2.45) is 11.3 Å². The summed E-state index contributed by atoms with van der Waals surface area (Å²) < 4.78 is 11.9. The number of imide groups is 1. The molecule has 178 valence electrons. The van der Waals surface area contributed by atoms with Crippen molar-refractivity contribution in [2.45, 2.75) is 65.0 Å². The Hall–Kier alpha value is -3.10. The van der Waals surface area contributed by atoms with Gasteiger partial charge in [0.1, 0.15) is 12.1 Å². The van der Waals surface area contributed by atoms with E-state index in [9.17, 15) is 19.2 Å². The zero-order valence-electron chi connectivity index (χ0n) is 19.4. The average molecular weight is 458 g/mol. The van der Waals surface area contributed by atoms with Crippen molar-refractivity contribution < 1.29 is 23.5 Å². The van der Waals surface area contributed by atoms with Crippen molar-refractivity contribution in [3.8, 4) is 0 Å². The standard InChI is InChI=1S/C24H31N3O6/c1-23(2,3)16-9-11-24(12-10-16)20(29)27(21(30)25-24)15-19(28)32-14-6-13-26-17-7-4-5-8-18(17)33-22(26)31/h4-5,7-8,16H,6,9-15H2,1-3H3,(H,25,30). The van der Waals surface area contributed by atoms with Crippen LogP contribution < -0.4 is 11.1 Å². The minimum absolute atomic E-state index is 0.0623. The van der Waals surface area contributed by atoms with E-state index in [2.05, 4.69) is 26.1 Å². The molecule has 1 aromatic heterocycles. The average Bonchev–Trinajstić information content (AvgIpc) is 3.19. The quantitative estimate of drug-likeness (QED) is 0.405. The highest BCUT2D eigenvalue weighted by atomic mass is 16.5. The summed E-state index contributed by atoms with van der Waals surface area (Å²) in [5, 5.41) is 2.84. The lowest BCUT2D eigenvalue weighted by Crippen LogP contribution is -2.50. The van der Waals surface area contributed by atoms with Gasteiger partial charge in [0, 0.05) is 6.54 Å². The number of aromatic nitrogens is 1. The van der Waals surface area contributed by atoms with Crippen molar-refractivity contribution in [1.29, 1.82) is 0 Å². The molecule has 2 aliphatic rings.